The fraction of sp³-hybridized carbons (Fsp3) is 0.222. The van der Waals surface area contributed by atoms with E-state index in [1.807, 2.05) is 68.4 Å². The molecular formula is C27H26N4O5. The molecule has 36 heavy (non-hydrogen) atoms. The van der Waals surface area contributed by atoms with Gasteiger partial charge in [0.1, 0.15) is 17.3 Å². The molecular weight excluding hydrogens is 460 g/mol. The lowest BCUT2D eigenvalue weighted by molar-refractivity contribution is 0.199. The molecule has 0 saturated heterocycles. The quantitative estimate of drug-likeness (QED) is 0.354. The van der Waals surface area contributed by atoms with Gasteiger partial charge in [0.25, 0.3) is 5.89 Å². The standard InChI is InChI=1S/C27H26N4O5/c1-4-34-21-13-9-19(10-14-21)25-29-26(36-30-25)23-17(2)31(16-22-6-5-15-35-22)27(32)28-24(23)18-7-11-20(33-3)12-8-18/h5-15,24H,4,16H2,1-3H3,(H,28,32). The van der Waals surface area contributed by atoms with Gasteiger partial charge in [-0.25, -0.2) is 4.79 Å². The van der Waals surface area contributed by atoms with Gasteiger partial charge in [0.15, 0.2) is 0 Å². The van der Waals surface area contributed by atoms with Crippen molar-refractivity contribution in [2.24, 2.45) is 0 Å². The van der Waals surface area contributed by atoms with Crippen LogP contribution >= 0.6 is 0 Å². The predicted octanol–water partition coefficient (Wildman–Crippen LogP) is 5.43. The van der Waals surface area contributed by atoms with Gasteiger partial charge in [0.2, 0.25) is 5.82 Å². The summed E-state index contributed by atoms with van der Waals surface area (Å²) in [5, 5.41) is 7.30. The number of rotatable bonds is 8. The highest BCUT2D eigenvalue weighted by molar-refractivity contribution is 5.86. The van der Waals surface area contributed by atoms with Crippen LogP contribution < -0.4 is 14.8 Å². The Hall–Kier alpha value is -4.53. The molecule has 5 rings (SSSR count). The SMILES string of the molecule is CCOc1ccc(-c2noc(C3=C(C)N(Cc4ccco4)C(=O)NC3c3ccc(OC)cc3)n2)cc1. The van der Waals surface area contributed by atoms with Crippen LogP contribution in [-0.4, -0.2) is 34.8 Å². The lowest BCUT2D eigenvalue weighted by Gasteiger charge is -2.34. The first-order valence-electron chi connectivity index (χ1n) is 11.6. The van der Waals surface area contributed by atoms with Gasteiger partial charge in [0.05, 0.1) is 38.1 Å². The summed E-state index contributed by atoms with van der Waals surface area (Å²) in [6.45, 7) is 4.66. The number of allylic oxidation sites excluding steroid dienone is 1. The van der Waals surface area contributed by atoms with Crippen LogP contribution in [0.3, 0.4) is 0 Å². The Balaban J connectivity index is 1.55. The molecule has 1 aliphatic rings. The Kier molecular flexibility index (Phi) is 6.44. The van der Waals surface area contributed by atoms with Crippen LogP contribution in [0.15, 0.2) is 81.6 Å². The third-order valence-electron chi connectivity index (χ3n) is 6.02. The monoisotopic (exact) mass is 486 g/mol. The van der Waals surface area contributed by atoms with Crippen molar-refractivity contribution < 1.29 is 23.2 Å². The minimum atomic E-state index is -0.495. The van der Waals surface area contributed by atoms with E-state index >= 15 is 0 Å². The first-order valence-corrected chi connectivity index (χ1v) is 11.6. The van der Waals surface area contributed by atoms with Gasteiger partial charge in [-0.2, -0.15) is 4.98 Å². The molecule has 0 radical (unpaired) electrons. The number of benzene rings is 2. The first-order chi connectivity index (χ1) is 17.6. The molecule has 0 saturated carbocycles. The van der Waals surface area contributed by atoms with E-state index in [-0.39, 0.29) is 12.6 Å². The number of ether oxygens (including phenoxy) is 2. The molecule has 184 valence electrons. The van der Waals surface area contributed by atoms with Gasteiger partial charge in [0, 0.05) is 11.3 Å². The van der Waals surface area contributed by atoms with Crippen molar-refractivity contribution in [3.05, 3.63) is 89.8 Å². The molecule has 1 aliphatic heterocycles. The zero-order valence-corrected chi connectivity index (χ0v) is 20.2. The summed E-state index contributed by atoms with van der Waals surface area (Å²) < 4.78 is 22.0. The predicted molar refractivity (Wildman–Crippen MR) is 132 cm³/mol. The normalized spacial score (nSPS) is 15.7. The van der Waals surface area contributed by atoms with Crippen molar-refractivity contribution in [2.45, 2.75) is 26.4 Å². The molecule has 1 atom stereocenters. The Morgan fingerprint density at radius 3 is 2.47 bits per heavy atom. The van der Waals surface area contributed by atoms with Crippen molar-refractivity contribution in [1.29, 1.82) is 0 Å². The average Bonchev–Trinajstić information content (AvgIpc) is 3.60. The van der Waals surface area contributed by atoms with Gasteiger partial charge < -0.3 is 23.7 Å². The van der Waals surface area contributed by atoms with Gasteiger partial charge >= 0.3 is 6.03 Å². The molecule has 0 bridgehead atoms. The number of nitrogens with zero attached hydrogens (tertiary/aromatic N) is 3. The number of carbonyl (C=O) groups is 1. The maximum atomic E-state index is 13.2. The van der Waals surface area contributed by atoms with Gasteiger partial charge in [-0.15, -0.1) is 0 Å². The summed E-state index contributed by atoms with van der Waals surface area (Å²) in [6, 6.07) is 17.9. The van der Waals surface area contributed by atoms with Gasteiger partial charge in [-0.1, -0.05) is 17.3 Å². The van der Waals surface area contributed by atoms with Crippen molar-refractivity contribution in [3.63, 3.8) is 0 Å². The number of methoxy groups -OCH3 is 1. The topological polar surface area (TPSA) is 103 Å². The van der Waals surface area contributed by atoms with Crippen LogP contribution in [0.4, 0.5) is 4.79 Å². The lowest BCUT2D eigenvalue weighted by Crippen LogP contribution is -2.45. The summed E-state index contributed by atoms with van der Waals surface area (Å²) in [7, 11) is 1.61. The second-order valence-electron chi connectivity index (χ2n) is 8.20. The molecule has 1 unspecified atom stereocenters. The Labute approximate surface area is 208 Å². The molecule has 1 N–H and O–H groups in total. The van der Waals surface area contributed by atoms with Crippen molar-refractivity contribution in [3.8, 4) is 22.9 Å². The van der Waals surface area contributed by atoms with E-state index < -0.39 is 6.04 Å². The van der Waals surface area contributed by atoms with Gasteiger partial charge in [-0.3, -0.25) is 4.90 Å². The minimum Gasteiger partial charge on any atom is -0.497 e. The zero-order chi connectivity index (χ0) is 25.1. The number of hydrogen-bond donors (Lipinski definition) is 1. The van der Waals surface area contributed by atoms with Crippen LogP contribution in [0.1, 0.15) is 37.1 Å². The van der Waals surface area contributed by atoms with Crippen LogP contribution in [0, 0.1) is 0 Å². The molecule has 4 aromatic rings. The maximum absolute atomic E-state index is 13.2. The molecule has 9 heteroatoms. The van der Waals surface area contributed by atoms with E-state index in [2.05, 4.69) is 10.5 Å². The highest BCUT2D eigenvalue weighted by atomic mass is 16.5. The van der Waals surface area contributed by atoms with Crippen molar-refractivity contribution >= 4 is 11.6 Å². The molecule has 3 heterocycles. The highest BCUT2D eigenvalue weighted by Gasteiger charge is 2.36. The van der Waals surface area contributed by atoms with Gasteiger partial charge in [-0.05, 0) is 67.9 Å². The van der Waals surface area contributed by atoms with E-state index in [9.17, 15) is 4.79 Å². The number of nitrogens with one attached hydrogen (secondary N) is 1. The van der Waals surface area contributed by atoms with E-state index in [0.29, 0.717) is 35.4 Å². The molecule has 2 amide bonds. The maximum Gasteiger partial charge on any atom is 0.322 e. The Morgan fingerprint density at radius 1 is 1.06 bits per heavy atom. The lowest BCUT2D eigenvalue weighted by atomic mass is 9.94. The summed E-state index contributed by atoms with van der Waals surface area (Å²) in [4.78, 5) is 19.5. The number of hydrogen-bond acceptors (Lipinski definition) is 7. The van der Waals surface area contributed by atoms with Crippen LogP contribution in [0.25, 0.3) is 17.0 Å². The minimum absolute atomic E-state index is 0.250. The number of urea groups is 1. The number of aromatic nitrogens is 2. The van der Waals surface area contributed by atoms with E-state index in [0.717, 1.165) is 22.6 Å². The molecule has 2 aromatic heterocycles. The second-order valence-corrected chi connectivity index (χ2v) is 8.20. The van der Waals surface area contributed by atoms with E-state index in [1.165, 1.54) is 0 Å². The van der Waals surface area contributed by atoms with Crippen molar-refractivity contribution in [1.82, 2.24) is 20.4 Å². The van der Waals surface area contributed by atoms with Crippen LogP contribution in [0.2, 0.25) is 0 Å². The number of amides is 2. The molecule has 2 aromatic carbocycles. The Bertz CT molecular complexity index is 1360. The fourth-order valence-electron chi connectivity index (χ4n) is 4.17. The van der Waals surface area contributed by atoms with E-state index in [4.69, 9.17) is 23.4 Å². The summed E-state index contributed by atoms with van der Waals surface area (Å²) in [5.41, 5.74) is 3.05. The average molecular weight is 487 g/mol. The summed E-state index contributed by atoms with van der Waals surface area (Å²) in [5.74, 6) is 2.91. The molecule has 9 nitrogen and oxygen atoms in total. The van der Waals surface area contributed by atoms with Crippen molar-refractivity contribution in [2.75, 3.05) is 13.7 Å². The smallest absolute Gasteiger partial charge is 0.322 e. The zero-order valence-electron chi connectivity index (χ0n) is 20.2. The van der Waals surface area contributed by atoms with E-state index in [1.54, 1.807) is 24.3 Å². The number of carbonyl (C=O) groups excluding carboxylic acids is 1. The first kappa shape index (κ1) is 23.2. The highest BCUT2D eigenvalue weighted by Crippen LogP contribution is 2.38. The summed E-state index contributed by atoms with van der Waals surface area (Å²) in [6.07, 6.45) is 1.58. The third-order valence-corrected chi connectivity index (χ3v) is 6.02. The third kappa shape index (κ3) is 4.55. The molecule has 0 aliphatic carbocycles. The van der Waals surface area contributed by atoms with Crippen LogP contribution in [0.5, 0.6) is 11.5 Å². The Morgan fingerprint density at radius 2 is 1.81 bits per heavy atom. The molecule has 0 fully saturated rings. The fourth-order valence-corrected chi connectivity index (χ4v) is 4.17. The second kappa shape index (κ2) is 9.99. The largest absolute Gasteiger partial charge is 0.497 e. The summed E-state index contributed by atoms with van der Waals surface area (Å²) >= 11 is 0. The molecule has 0 spiro atoms. The number of furan rings is 1. The van der Waals surface area contributed by atoms with Crippen LogP contribution in [-0.2, 0) is 6.54 Å².